The fraction of sp³-hybridized carbons (Fsp3) is 0.391. The second-order valence-corrected chi connectivity index (χ2v) is 6.85. The molecule has 0 spiro atoms. The summed E-state index contributed by atoms with van der Waals surface area (Å²) in [7, 11) is 0. The van der Waals surface area contributed by atoms with Crippen LogP contribution in [0.3, 0.4) is 0 Å². The summed E-state index contributed by atoms with van der Waals surface area (Å²) in [6.45, 7) is 5.98. The number of carbonyl (C=O) groups excluding carboxylic acids is 2. The highest BCUT2D eigenvalue weighted by Crippen LogP contribution is 2.16. The van der Waals surface area contributed by atoms with E-state index in [0.29, 0.717) is 12.8 Å². The molecule has 0 fully saturated rings. The predicted molar refractivity (Wildman–Crippen MR) is 115 cm³/mol. The smallest absolute Gasteiger partial charge is 0.241 e. The maximum atomic E-state index is 12.4. The molecular formula is C23H31N3O2. The lowest BCUT2D eigenvalue weighted by atomic mass is 10.1. The van der Waals surface area contributed by atoms with E-state index in [-0.39, 0.29) is 18.4 Å². The van der Waals surface area contributed by atoms with Crippen molar-refractivity contribution in [3.63, 3.8) is 0 Å². The van der Waals surface area contributed by atoms with Gasteiger partial charge < -0.3 is 15.5 Å². The molecule has 0 aliphatic heterocycles. The molecule has 0 aromatic heterocycles. The average Bonchev–Trinajstić information content (AvgIpc) is 2.71. The Balaban J connectivity index is 1.84. The van der Waals surface area contributed by atoms with Gasteiger partial charge in [-0.2, -0.15) is 0 Å². The van der Waals surface area contributed by atoms with Crippen molar-refractivity contribution in [1.29, 1.82) is 0 Å². The van der Waals surface area contributed by atoms with E-state index < -0.39 is 0 Å². The average molecular weight is 382 g/mol. The Morgan fingerprint density at radius 1 is 0.893 bits per heavy atom. The van der Waals surface area contributed by atoms with E-state index in [1.165, 1.54) is 0 Å². The molecule has 150 valence electrons. The molecule has 2 aromatic rings. The first-order chi connectivity index (χ1) is 13.6. The molecule has 0 aliphatic carbocycles. The van der Waals surface area contributed by atoms with Crippen LogP contribution in [-0.4, -0.2) is 36.3 Å². The molecule has 0 radical (unpaired) electrons. The van der Waals surface area contributed by atoms with Crippen molar-refractivity contribution in [3.05, 3.63) is 60.2 Å². The molecule has 0 atom stereocenters. The fourth-order valence-electron chi connectivity index (χ4n) is 3.02. The van der Waals surface area contributed by atoms with Crippen molar-refractivity contribution in [2.45, 2.75) is 39.5 Å². The third kappa shape index (κ3) is 7.43. The topological polar surface area (TPSA) is 61.4 Å². The number of carbonyl (C=O) groups is 2. The summed E-state index contributed by atoms with van der Waals surface area (Å²) in [5, 5.41) is 6.10. The first-order valence-electron chi connectivity index (χ1n) is 10.1. The number of nitrogens with zero attached hydrogens (tertiary/aromatic N) is 1. The maximum Gasteiger partial charge on any atom is 0.241 e. The zero-order chi connectivity index (χ0) is 20.2. The van der Waals surface area contributed by atoms with Gasteiger partial charge in [-0.1, -0.05) is 50.2 Å². The summed E-state index contributed by atoms with van der Waals surface area (Å²) in [5.41, 5.74) is 2.70. The standard InChI is InChI=1S/C23H31N3O2/c1-3-15-26(16-4-2)23(28)18-24-20-11-8-12-21(17-20)25-22(27)14-13-19-9-6-5-7-10-19/h5-12,17,24H,3-4,13-16,18H2,1-2H3,(H,25,27). The van der Waals surface area contributed by atoms with Crippen LogP contribution in [0.25, 0.3) is 0 Å². The zero-order valence-electron chi connectivity index (χ0n) is 16.9. The molecule has 0 unspecified atom stereocenters. The van der Waals surface area contributed by atoms with Crippen LogP contribution in [-0.2, 0) is 16.0 Å². The summed E-state index contributed by atoms with van der Waals surface area (Å²) in [5.74, 6) is 0.0788. The highest BCUT2D eigenvalue weighted by molar-refractivity contribution is 5.91. The van der Waals surface area contributed by atoms with Gasteiger partial charge in [0, 0.05) is 30.9 Å². The van der Waals surface area contributed by atoms with Crippen LogP contribution in [0, 0.1) is 0 Å². The first-order valence-corrected chi connectivity index (χ1v) is 10.1. The van der Waals surface area contributed by atoms with E-state index in [1.807, 2.05) is 59.5 Å². The van der Waals surface area contributed by atoms with E-state index in [4.69, 9.17) is 0 Å². The minimum absolute atomic E-state index is 0.0193. The highest BCUT2D eigenvalue weighted by Gasteiger charge is 2.11. The van der Waals surface area contributed by atoms with Crippen LogP contribution in [0.5, 0.6) is 0 Å². The van der Waals surface area contributed by atoms with E-state index in [1.54, 1.807) is 0 Å². The van der Waals surface area contributed by atoms with Crippen molar-refractivity contribution in [2.75, 3.05) is 30.3 Å². The molecule has 2 rings (SSSR count). The van der Waals surface area contributed by atoms with Gasteiger partial charge in [0.05, 0.1) is 6.54 Å². The van der Waals surface area contributed by atoms with Crippen molar-refractivity contribution in [2.24, 2.45) is 0 Å². The molecule has 2 amide bonds. The van der Waals surface area contributed by atoms with Gasteiger partial charge in [-0.3, -0.25) is 9.59 Å². The number of aryl methyl sites for hydroxylation is 1. The van der Waals surface area contributed by atoms with Crippen LogP contribution >= 0.6 is 0 Å². The molecule has 0 bridgehead atoms. The van der Waals surface area contributed by atoms with E-state index in [2.05, 4.69) is 24.5 Å². The third-order valence-corrected chi connectivity index (χ3v) is 4.41. The molecule has 0 aliphatic rings. The van der Waals surface area contributed by atoms with Crippen LogP contribution < -0.4 is 10.6 Å². The van der Waals surface area contributed by atoms with Crippen molar-refractivity contribution in [1.82, 2.24) is 4.90 Å². The summed E-state index contributed by atoms with van der Waals surface area (Å²) in [6.07, 6.45) is 3.05. The normalized spacial score (nSPS) is 10.4. The van der Waals surface area contributed by atoms with Crippen LogP contribution in [0.1, 0.15) is 38.7 Å². The lowest BCUT2D eigenvalue weighted by Gasteiger charge is -2.22. The summed E-state index contributed by atoms with van der Waals surface area (Å²) < 4.78 is 0. The number of benzene rings is 2. The van der Waals surface area contributed by atoms with Crippen molar-refractivity contribution in [3.8, 4) is 0 Å². The SMILES string of the molecule is CCCN(CCC)C(=O)CNc1cccc(NC(=O)CCc2ccccc2)c1. The Labute approximate surface area is 168 Å². The number of hydrogen-bond acceptors (Lipinski definition) is 3. The maximum absolute atomic E-state index is 12.4. The van der Waals surface area contributed by atoms with Gasteiger partial charge in [0.15, 0.2) is 0 Å². The van der Waals surface area contributed by atoms with Gasteiger partial charge >= 0.3 is 0 Å². The predicted octanol–water partition coefficient (Wildman–Crippen LogP) is 4.32. The molecule has 0 saturated heterocycles. The lowest BCUT2D eigenvalue weighted by Crippen LogP contribution is -2.36. The highest BCUT2D eigenvalue weighted by atomic mass is 16.2. The number of hydrogen-bond donors (Lipinski definition) is 2. The Bertz CT molecular complexity index is 741. The van der Waals surface area contributed by atoms with Crippen LogP contribution in [0.2, 0.25) is 0 Å². The minimum atomic E-state index is -0.0193. The molecule has 5 heteroatoms. The van der Waals surface area contributed by atoms with E-state index >= 15 is 0 Å². The largest absolute Gasteiger partial charge is 0.376 e. The first kappa shape index (κ1) is 21.5. The Kier molecular flexibility index (Phi) is 9.05. The van der Waals surface area contributed by atoms with Crippen LogP contribution in [0.15, 0.2) is 54.6 Å². The number of amides is 2. The summed E-state index contributed by atoms with van der Waals surface area (Å²) in [6, 6.07) is 17.5. The second kappa shape index (κ2) is 11.8. The Hall–Kier alpha value is -2.82. The molecule has 28 heavy (non-hydrogen) atoms. The molecule has 0 heterocycles. The van der Waals surface area contributed by atoms with Crippen LogP contribution in [0.4, 0.5) is 11.4 Å². The quantitative estimate of drug-likeness (QED) is 0.609. The molecule has 5 nitrogen and oxygen atoms in total. The molecule has 2 N–H and O–H groups in total. The monoisotopic (exact) mass is 381 g/mol. The van der Waals surface area contributed by atoms with Gasteiger partial charge in [0.1, 0.15) is 0 Å². The van der Waals surface area contributed by atoms with Gasteiger partial charge in [-0.15, -0.1) is 0 Å². The fourth-order valence-corrected chi connectivity index (χ4v) is 3.02. The van der Waals surface area contributed by atoms with Gasteiger partial charge in [0.25, 0.3) is 0 Å². The van der Waals surface area contributed by atoms with E-state index in [9.17, 15) is 9.59 Å². The molecule has 0 saturated carbocycles. The Morgan fingerprint density at radius 2 is 1.57 bits per heavy atom. The van der Waals surface area contributed by atoms with E-state index in [0.717, 1.165) is 42.9 Å². The number of anilines is 2. The lowest BCUT2D eigenvalue weighted by molar-refractivity contribution is -0.129. The molecule has 2 aromatic carbocycles. The third-order valence-electron chi connectivity index (χ3n) is 4.41. The molecular weight excluding hydrogens is 350 g/mol. The van der Waals surface area contributed by atoms with Gasteiger partial charge in [0.2, 0.25) is 11.8 Å². The van der Waals surface area contributed by atoms with Gasteiger partial charge in [-0.25, -0.2) is 0 Å². The minimum Gasteiger partial charge on any atom is -0.376 e. The summed E-state index contributed by atoms with van der Waals surface area (Å²) >= 11 is 0. The number of rotatable bonds is 11. The van der Waals surface area contributed by atoms with Crippen molar-refractivity contribution >= 4 is 23.2 Å². The van der Waals surface area contributed by atoms with Crippen molar-refractivity contribution < 1.29 is 9.59 Å². The zero-order valence-corrected chi connectivity index (χ0v) is 16.9. The summed E-state index contributed by atoms with van der Waals surface area (Å²) in [4.78, 5) is 26.5. The second-order valence-electron chi connectivity index (χ2n) is 6.85. The van der Waals surface area contributed by atoms with Gasteiger partial charge in [-0.05, 0) is 43.0 Å². The Morgan fingerprint density at radius 3 is 2.25 bits per heavy atom. The number of nitrogens with one attached hydrogen (secondary N) is 2.